The number of nitrogens with two attached hydrogens (primary N) is 1. The number of hydrogen-bond acceptors (Lipinski definition) is 3. The average molecular weight is 291 g/mol. The van der Waals surface area contributed by atoms with Crippen LogP contribution < -0.4 is 11.1 Å². The second kappa shape index (κ2) is 5.43. The highest BCUT2D eigenvalue weighted by Crippen LogP contribution is 2.32. The first kappa shape index (κ1) is 13.2. The molecule has 1 unspecified atom stereocenters. The molecular weight excluding hydrogens is 272 g/mol. The third kappa shape index (κ3) is 4.23. The van der Waals surface area contributed by atoms with Gasteiger partial charge in [-0.25, -0.2) is 0 Å². The summed E-state index contributed by atoms with van der Waals surface area (Å²) in [6.45, 7) is 8.35. The maximum absolute atomic E-state index is 5.70. The van der Waals surface area contributed by atoms with Gasteiger partial charge in [0.25, 0.3) is 0 Å². The average Bonchev–Trinajstić information content (AvgIpc) is 2.51. The first-order valence-corrected chi connectivity index (χ1v) is 6.75. The molecule has 0 fully saturated rings. The maximum Gasteiger partial charge on any atom is 0.0701 e. The van der Waals surface area contributed by atoms with E-state index in [-0.39, 0.29) is 11.5 Å². The molecule has 1 aromatic rings. The van der Waals surface area contributed by atoms with Crippen LogP contribution in [-0.4, -0.2) is 19.1 Å². The largest absolute Gasteiger partial charge is 0.327 e. The van der Waals surface area contributed by atoms with Crippen molar-refractivity contribution in [2.75, 3.05) is 13.1 Å². The lowest BCUT2D eigenvalue weighted by Gasteiger charge is -2.24. The zero-order valence-corrected chi connectivity index (χ0v) is 11.9. The van der Waals surface area contributed by atoms with E-state index in [1.54, 1.807) is 11.3 Å². The first-order valence-electron chi connectivity index (χ1n) is 5.14. The van der Waals surface area contributed by atoms with Gasteiger partial charge in [0, 0.05) is 29.4 Å². The van der Waals surface area contributed by atoms with Crippen LogP contribution in [0.4, 0.5) is 0 Å². The minimum atomic E-state index is 0.172. The zero-order chi connectivity index (χ0) is 11.5. The maximum atomic E-state index is 5.70. The lowest BCUT2D eigenvalue weighted by atomic mass is 9.91. The van der Waals surface area contributed by atoms with E-state index in [0.29, 0.717) is 0 Å². The highest BCUT2D eigenvalue weighted by Gasteiger charge is 2.21. The van der Waals surface area contributed by atoms with Crippen LogP contribution in [0.15, 0.2) is 15.9 Å². The summed E-state index contributed by atoms with van der Waals surface area (Å²) in [5.41, 5.74) is 5.87. The first-order chi connectivity index (χ1) is 6.92. The molecule has 3 N–H and O–H groups in total. The lowest BCUT2D eigenvalue weighted by Crippen LogP contribution is -2.38. The molecule has 86 valence electrons. The Hall–Kier alpha value is 0.1000. The molecule has 4 heteroatoms. The molecule has 0 spiro atoms. The Kier molecular flexibility index (Phi) is 4.77. The SMILES string of the molecule is CC(N)CNCC(C)(C)c1ccc(Br)s1. The van der Waals surface area contributed by atoms with Gasteiger partial charge in [0.15, 0.2) is 0 Å². The highest BCUT2D eigenvalue weighted by molar-refractivity contribution is 9.11. The Balaban J connectivity index is 2.51. The fourth-order valence-corrected chi connectivity index (χ4v) is 2.86. The van der Waals surface area contributed by atoms with E-state index in [0.717, 1.165) is 13.1 Å². The van der Waals surface area contributed by atoms with Gasteiger partial charge in [-0.15, -0.1) is 11.3 Å². The van der Waals surface area contributed by atoms with Crippen LogP contribution in [0, 0.1) is 0 Å². The van der Waals surface area contributed by atoms with Gasteiger partial charge >= 0.3 is 0 Å². The van der Waals surface area contributed by atoms with Crippen molar-refractivity contribution in [1.82, 2.24) is 5.32 Å². The van der Waals surface area contributed by atoms with Gasteiger partial charge in [0.05, 0.1) is 3.79 Å². The predicted octanol–water partition coefficient (Wildman–Crippen LogP) is 2.73. The molecule has 1 heterocycles. The van der Waals surface area contributed by atoms with Gasteiger partial charge in [-0.3, -0.25) is 0 Å². The van der Waals surface area contributed by atoms with Crippen LogP contribution in [0.1, 0.15) is 25.6 Å². The predicted molar refractivity (Wildman–Crippen MR) is 71.6 cm³/mol. The van der Waals surface area contributed by atoms with E-state index in [9.17, 15) is 0 Å². The zero-order valence-electron chi connectivity index (χ0n) is 9.51. The molecule has 1 aromatic heterocycles. The molecule has 0 aliphatic heterocycles. The summed E-state index contributed by atoms with van der Waals surface area (Å²) in [4.78, 5) is 1.39. The van der Waals surface area contributed by atoms with Gasteiger partial charge in [-0.1, -0.05) is 13.8 Å². The van der Waals surface area contributed by atoms with Gasteiger partial charge in [0.2, 0.25) is 0 Å². The van der Waals surface area contributed by atoms with Crippen LogP contribution in [-0.2, 0) is 5.41 Å². The standard InChI is InChI=1S/C11H19BrN2S/c1-8(13)6-14-7-11(2,3)9-4-5-10(12)15-9/h4-5,8,14H,6-7,13H2,1-3H3. The fraction of sp³-hybridized carbons (Fsp3) is 0.636. The monoisotopic (exact) mass is 290 g/mol. The minimum Gasteiger partial charge on any atom is -0.327 e. The molecule has 0 aromatic carbocycles. The van der Waals surface area contributed by atoms with Crippen LogP contribution in [0.3, 0.4) is 0 Å². The van der Waals surface area contributed by atoms with Crippen molar-refractivity contribution in [3.63, 3.8) is 0 Å². The molecule has 1 rings (SSSR count). The molecule has 15 heavy (non-hydrogen) atoms. The normalized spacial score (nSPS) is 14.2. The Labute approximate surface area is 104 Å². The molecule has 0 saturated heterocycles. The van der Waals surface area contributed by atoms with Crippen molar-refractivity contribution in [3.8, 4) is 0 Å². The number of rotatable bonds is 5. The van der Waals surface area contributed by atoms with Gasteiger partial charge in [0.1, 0.15) is 0 Å². The molecular formula is C11H19BrN2S. The number of nitrogens with one attached hydrogen (secondary N) is 1. The summed E-state index contributed by atoms with van der Waals surface area (Å²) < 4.78 is 1.19. The van der Waals surface area contributed by atoms with E-state index in [1.807, 2.05) is 6.92 Å². The Morgan fingerprint density at radius 2 is 2.20 bits per heavy atom. The van der Waals surface area contributed by atoms with Crippen molar-refractivity contribution in [2.24, 2.45) is 5.73 Å². The molecule has 2 nitrogen and oxygen atoms in total. The number of halogens is 1. The third-order valence-electron chi connectivity index (χ3n) is 2.27. The molecule has 0 amide bonds. The smallest absolute Gasteiger partial charge is 0.0701 e. The second-order valence-corrected chi connectivity index (χ2v) is 7.06. The van der Waals surface area contributed by atoms with E-state index >= 15 is 0 Å². The minimum absolute atomic E-state index is 0.172. The van der Waals surface area contributed by atoms with Crippen LogP contribution in [0.5, 0.6) is 0 Å². The molecule has 0 bridgehead atoms. The Morgan fingerprint density at radius 3 is 2.67 bits per heavy atom. The van der Waals surface area contributed by atoms with Crippen LogP contribution in [0.2, 0.25) is 0 Å². The van der Waals surface area contributed by atoms with Gasteiger partial charge in [-0.05, 0) is 35.0 Å². The summed E-state index contributed by atoms with van der Waals surface area (Å²) in [6, 6.07) is 4.51. The van der Waals surface area contributed by atoms with Gasteiger partial charge in [-0.2, -0.15) is 0 Å². The summed E-state index contributed by atoms with van der Waals surface area (Å²) in [5.74, 6) is 0. The van der Waals surface area contributed by atoms with E-state index in [2.05, 4.69) is 47.2 Å². The molecule has 0 aliphatic carbocycles. The number of hydrogen-bond donors (Lipinski definition) is 2. The Bertz CT molecular complexity index is 307. The summed E-state index contributed by atoms with van der Waals surface area (Å²) in [5, 5.41) is 3.40. The highest BCUT2D eigenvalue weighted by atomic mass is 79.9. The molecule has 0 aliphatic rings. The molecule has 0 radical (unpaired) electrons. The van der Waals surface area contributed by atoms with Crippen molar-refractivity contribution in [3.05, 3.63) is 20.8 Å². The molecule has 0 saturated carbocycles. The third-order valence-corrected chi connectivity index (χ3v) is 4.26. The lowest BCUT2D eigenvalue weighted by molar-refractivity contribution is 0.465. The topological polar surface area (TPSA) is 38.0 Å². The van der Waals surface area contributed by atoms with Crippen molar-refractivity contribution in [2.45, 2.75) is 32.2 Å². The quantitative estimate of drug-likeness (QED) is 0.875. The van der Waals surface area contributed by atoms with Crippen molar-refractivity contribution in [1.29, 1.82) is 0 Å². The molecule has 1 atom stereocenters. The van der Waals surface area contributed by atoms with Crippen molar-refractivity contribution < 1.29 is 0 Å². The number of thiophene rings is 1. The van der Waals surface area contributed by atoms with E-state index < -0.39 is 0 Å². The summed E-state index contributed by atoms with van der Waals surface area (Å²) in [6.07, 6.45) is 0. The van der Waals surface area contributed by atoms with Crippen LogP contribution >= 0.6 is 27.3 Å². The van der Waals surface area contributed by atoms with Gasteiger partial charge < -0.3 is 11.1 Å². The fourth-order valence-electron chi connectivity index (χ4n) is 1.38. The summed E-state index contributed by atoms with van der Waals surface area (Å²) >= 11 is 5.29. The van der Waals surface area contributed by atoms with E-state index in [1.165, 1.54) is 8.66 Å². The van der Waals surface area contributed by atoms with Crippen molar-refractivity contribution >= 4 is 27.3 Å². The second-order valence-electron chi connectivity index (χ2n) is 4.60. The van der Waals surface area contributed by atoms with Crippen LogP contribution in [0.25, 0.3) is 0 Å². The van der Waals surface area contributed by atoms with E-state index in [4.69, 9.17) is 5.73 Å². The summed E-state index contributed by atoms with van der Waals surface area (Å²) in [7, 11) is 0. The Morgan fingerprint density at radius 1 is 1.53 bits per heavy atom.